The molecule has 0 heterocycles. The first-order valence-corrected chi connectivity index (χ1v) is 9.84. The first-order chi connectivity index (χ1) is 14.5. The van der Waals surface area contributed by atoms with E-state index in [1.54, 1.807) is 0 Å². The van der Waals surface area contributed by atoms with Crippen LogP contribution in [0.2, 0.25) is 0 Å². The van der Waals surface area contributed by atoms with Crippen molar-refractivity contribution in [1.82, 2.24) is 5.32 Å². The summed E-state index contributed by atoms with van der Waals surface area (Å²) in [6.45, 7) is 0. The van der Waals surface area contributed by atoms with Gasteiger partial charge < -0.3 is 14.4 Å². The van der Waals surface area contributed by atoms with Gasteiger partial charge in [0.25, 0.3) is 23.0 Å². The molecule has 0 saturated carbocycles. The molecule has 0 fully saturated rings. The fourth-order valence-corrected chi connectivity index (χ4v) is 3.94. The highest BCUT2D eigenvalue weighted by Crippen LogP contribution is 2.58. The van der Waals surface area contributed by atoms with Gasteiger partial charge in [-0.1, -0.05) is 0 Å². The molecule has 15 heteroatoms. The minimum absolute atomic E-state index is 0.103. The van der Waals surface area contributed by atoms with Gasteiger partial charge in [0.15, 0.2) is 5.78 Å². The lowest BCUT2D eigenvalue weighted by molar-refractivity contribution is -0.394. The summed E-state index contributed by atoms with van der Waals surface area (Å²) in [5.41, 5.74) is -2.02. The number of carbonyl (C=O) groups excluding carboxylic acids is 1. The molecule has 1 amide bonds. The van der Waals surface area contributed by atoms with E-state index in [1.165, 1.54) is 12.1 Å². The summed E-state index contributed by atoms with van der Waals surface area (Å²) in [6, 6.07) is 6.91. The SMILES string of the molecule is COP(=O)(OC)[C@@H](NC(=O)c1cc([N+](=O)[O-])cc([N+](=O)[O-])c1)c1ccc([N+](=O)[O-])cc1. The van der Waals surface area contributed by atoms with E-state index in [1.807, 2.05) is 0 Å². The van der Waals surface area contributed by atoms with Crippen LogP contribution in [0.1, 0.15) is 21.7 Å². The van der Waals surface area contributed by atoms with Crippen LogP contribution in [-0.2, 0) is 13.6 Å². The molecule has 0 aliphatic heterocycles. The molecule has 0 aliphatic carbocycles. The molecule has 2 aromatic carbocycles. The Morgan fingerprint density at radius 2 is 1.32 bits per heavy atom. The zero-order valence-corrected chi connectivity index (χ0v) is 16.9. The van der Waals surface area contributed by atoms with Crippen molar-refractivity contribution in [3.8, 4) is 0 Å². The Bertz CT molecular complexity index is 1050. The van der Waals surface area contributed by atoms with E-state index in [9.17, 15) is 39.7 Å². The Hall–Kier alpha value is -3.74. The van der Waals surface area contributed by atoms with E-state index in [0.29, 0.717) is 6.07 Å². The van der Waals surface area contributed by atoms with Gasteiger partial charge in [0.05, 0.1) is 26.4 Å². The van der Waals surface area contributed by atoms with Crippen LogP contribution in [0.15, 0.2) is 42.5 Å². The maximum absolute atomic E-state index is 13.0. The maximum Gasteiger partial charge on any atom is 0.356 e. The fraction of sp³-hybridized carbons (Fsp3) is 0.188. The van der Waals surface area contributed by atoms with Crippen molar-refractivity contribution in [1.29, 1.82) is 0 Å². The average Bonchev–Trinajstić information content (AvgIpc) is 2.76. The molecule has 164 valence electrons. The van der Waals surface area contributed by atoms with Crippen LogP contribution in [0.5, 0.6) is 0 Å². The summed E-state index contributed by atoms with van der Waals surface area (Å²) < 4.78 is 22.8. The molecule has 0 spiro atoms. The average molecular weight is 454 g/mol. The first kappa shape index (κ1) is 23.5. The predicted octanol–water partition coefficient (Wildman–Crippen LogP) is 3.33. The molecular weight excluding hydrogens is 439 g/mol. The van der Waals surface area contributed by atoms with Crippen LogP contribution in [0.4, 0.5) is 17.1 Å². The maximum atomic E-state index is 13.0. The summed E-state index contributed by atoms with van der Waals surface area (Å²) in [5.74, 6) is -2.53. The number of hydrogen-bond acceptors (Lipinski definition) is 10. The number of non-ortho nitro benzene ring substituents is 3. The molecule has 0 bridgehead atoms. The zero-order chi connectivity index (χ0) is 23.3. The molecule has 2 aromatic rings. The third kappa shape index (κ3) is 5.25. The van der Waals surface area contributed by atoms with Crippen LogP contribution in [-0.4, -0.2) is 34.9 Å². The largest absolute Gasteiger partial charge is 0.356 e. The van der Waals surface area contributed by atoms with Gasteiger partial charge in [-0.15, -0.1) is 0 Å². The fourth-order valence-electron chi connectivity index (χ4n) is 2.55. The van der Waals surface area contributed by atoms with Crippen LogP contribution in [0.3, 0.4) is 0 Å². The van der Waals surface area contributed by atoms with Gasteiger partial charge >= 0.3 is 7.60 Å². The molecular formula is C16H15N4O10P. The molecule has 0 radical (unpaired) electrons. The van der Waals surface area contributed by atoms with Crippen LogP contribution < -0.4 is 5.32 Å². The van der Waals surface area contributed by atoms with Crippen LogP contribution >= 0.6 is 7.60 Å². The Labute approximate surface area is 173 Å². The van der Waals surface area contributed by atoms with Crippen molar-refractivity contribution in [2.75, 3.05) is 14.2 Å². The van der Waals surface area contributed by atoms with Crippen LogP contribution in [0.25, 0.3) is 0 Å². The zero-order valence-electron chi connectivity index (χ0n) is 16.0. The highest BCUT2D eigenvalue weighted by molar-refractivity contribution is 7.54. The molecule has 0 saturated heterocycles. The number of hydrogen-bond donors (Lipinski definition) is 1. The molecule has 0 unspecified atom stereocenters. The van der Waals surface area contributed by atoms with Crippen molar-refractivity contribution in [2.24, 2.45) is 0 Å². The lowest BCUT2D eigenvalue weighted by Crippen LogP contribution is -2.29. The topological polar surface area (TPSA) is 194 Å². The van der Waals surface area contributed by atoms with E-state index < -0.39 is 51.0 Å². The van der Waals surface area contributed by atoms with Crippen molar-refractivity contribution >= 4 is 30.6 Å². The number of nitrogens with one attached hydrogen (secondary N) is 1. The van der Waals surface area contributed by atoms with E-state index in [-0.39, 0.29) is 11.3 Å². The Morgan fingerprint density at radius 3 is 1.71 bits per heavy atom. The van der Waals surface area contributed by atoms with Gasteiger partial charge in [0.1, 0.15) is 0 Å². The normalized spacial score (nSPS) is 12.1. The number of benzene rings is 2. The van der Waals surface area contributed by atoms with Crippen molar-refractivity contribution < 1.29 is 33.2 Å². The first-order valence-electron chi connectivity index (χ1n) is 8.22. The van der Waals surface area contributed by atoms with E-state index >= 15 is 0 Å². The number of rotatable bonds is 9. The molecule has 31 heavy (non-hydrogen) atoms. The Kier molecular flexibility index (Phi) is 7.12. The van der Waals surface area contributed by atoms with Crippen molar-refractivity contribution in [2.45, 2.75) is 5.78 Å². The van der Waals surface area contributed by atoms with Crippen molar-refractivity contribution in [3.63, 3.8) is 0 Å². The van der Waals surface area contributed by atoms with Crippen LogP contribution in [0, 0.1) is 30.3 Å². The van der Waals surface area contributed by atoms with Crippen molar-refractivity contribution in [3.05, 3.63) is 83.9 Å². The Balaban J connectivity index is 2.51. The molecule has 0 aromatic heterocycles. The second-order valence-electron chi connectivity index (χ2n) is 5.88. The molecule has 2 rings (SSSR count). The highest BCUT2D eigenvalue weighted by atomic mass is 31.2. The monoisotopic (exact) mass is 454 g/mol. The predicted molar refractivity (Wildman–Crippen MR) is 105 cm³/mol. The summed E-state index contributed by atoms with van der Waals surface area (Å²) in [6.07, 6.45) is 0. The standard InChI is InChI=1S/C16H15N4O10P/c1-29-31(28,30-2)16(10-3-5-12(6-4-10)18(22)23)17-15(21)11-7-13(19(24)25)9-14(8-11)20(26)27/h3-9,16H,1-2H3,(H,17,21)/t16-/m1/s1. The molecule has 1 N–H and O–H groups in total. The minimum atomic E-state index is -4.06. The highest BCUT2D eigenvalue weighted by Gasteiger charge is 2.37. The quantitative estimate of drug-likeness (QED) is 0.333. The summed E-state index contributed by atoms with van der Waals surface area (Å²) in [4.78, 5) is 43.2. The third-order valence-electron chi connectivity index (χ3n) is 4.10. The minimum Gasteiger partial charge on any atom is -0.334 e. The number of nitro benzene ring substituents is 3. The smallest absolute Gasteiger partial charge is 0.334 e. The number of amides is 1. The van der Waals surface area contributed by atoms with Gasteiger partial charge in [-0.3, -0.25) is 39.7 Å². The molecule has 14 nitrogen and oxygen atoms in total. The van der Waals surface area contributed by atoms with E-state index in [0.717, 1.165) is 38.5 Å². The second-order valence-corrected chi connectivity index (χ2v) is 8.21. The number of nitro groups is 3. The number of carbonyl (C=O) groups is 1. The summed E-state index contributed by atoms with van der Waals surface area (Å²) >= 11 is 0. The second kappa shape index (κ2) is 9.38. The lowest BCUT2D eigenvalue weighted by atomic mass is 10.1. The van der Waals surface area contributed by atoms with Gasteiger partial charge in [-0.25, -0.2) is 0 Å². The molecule has 1 atom stereocenters. The lowest BCUT2D eigenvalue weighted by Gasteiger charge is -2.25. The van der Waals surface area contributed by atoms with Gasteiger partial charge in [-0.05, 0) is 17.7 Å². The van der Waals surface area contributed by atoms with Gasteiger partial charge in [0, 0.05) is 38.5 Å². The summed E-state index contributed by atoms with van der Waals surface area (Å²) in [5, 5.41) is 35.2. The van der Waals surface area contributed by atoms with E-state index in [4.69, 9.17) is 9.05 Å². The summed E-state index contributed by atoms with van der Waals surface area (Å²) in [7, 11) is -1.96. The third-order valence-corrected chi connectivity index (χ3v) is 6.18. The number of nitrogens with zero attached hydrogens (tertiary/aromatic N) is 3. The molecule has 0 aliphatic rings. The van der Waals surface area contributed by atoms with E-state index in [2.05, 4.69) is 5.32 Å². The Morgan fingerprint density at radius 1 is 0.871 bits per heavy atom. The van der Waals surface area contributed by atoms with Gasteiger partial charge in [0.2, 0.25) is 0 Å². The van der Waals surface area contributed by atoms with Gasteiger partial charge in [-0.2, -0.15) is 0 Å².